The number of nitrogens with one attached hydrogen (secondary N) is 2. The summed E-state index contributed by atoms with van der Waals surface area (Å²) in [5.74, 6) is -1.27. The van der Waals surface area contributed by atoms with Gasteiger partial charge in [-0.3, -0.25) is 19.4 Å². The molecule has 1 saturated carbocycles. The number of anilines is 1. The number of hydrogen-bond acceptors (Lipinski definition) is 6. The first-order chi connectivity index (χ1) is 21.9. The summed E-state index contributed by atoms with van der Waals surface area (Å²) < 4.78 is 44.2. The number of rotatable bonds is 8. The van der Waals surface area contributed by atoms with Crippen LogP contribution in [0.25, 0.3) is 27.7 Å². The Kier molecular flexibility index (Phi) is 6.22. The molecule has 6 aromatic rings. The van der Waals surface area contributed by atoms with Gasteiger partial charge in [-0.05, 0) is 79.4 Å². The average Bonchev–Trinajstić information content (AvgIpc) is 3.37. The standard InChI is InChI=1S/C33H24F2N6O4/c34-20-1-4-22(5-2-20)41-29(44-23-6-7-23)10-8-24(33(41)43)32(42)39-21-3-9-27(26(35)14-21)45-28-13-18-11-12-40-31(18)25(17-38-40)30(28)19-15-36-37-16-19/h1-5,8-10,13-17,23H,6-7,11-12H2,(H,36,37)(H,39,42). The highest BCUT2D eigenvalue weighted by Crippen LogP contribution is 2.43. The molecule has 0 atom stereocenters. The van der Waals surface area contributed by atoms with E-state index in [0.717, 1.165) is 59.5 Å². The Hall–Kier alpha value is -5.78. The summed E-state index contributed by atoms with van der Waals surface area (Å²) in [6, 6.07) is 14.1. The van der Waals surface area contributed by atoms with E-state index in [-0.39, 0.29) is 29.0 Å². The molecule has 45 heavy (non-hydrogen) atoms. The highest BCUT2D eigenvalue weighted by Gasteiger charge is 2.27. The summed E-state index contributed by atoms with van der Waals surface area (Å²) in [6.45, 7) is 0.751. The maximum Gasteiger partial charge on any atom is 0.270 e. The molecule has 10 nitrogen and oxygen atoms in total. The van der Waals surface area contributed by atoms with Crippen LogP contribution in [0.1, 0.15) is 28.8 Å². The molecule has 0 unspecified atom stereocenters. The molecule has 0 radical (unpaired) electrons. The van der Waals surface area contributed by atoms with Crippen molar-refractivity contribution in [1.29, 1.82) is 0 Å². The molecule has 0 spiro atoms. The summed E-state index contributed by atoms with van der Waals surface area (Å²) in [6.07, 6.45) is 7.66. The van der Waals surface area contributed by atoms with Gasteiger partial charge in [0.1, 0.15) is 23.2 Å². The minimum absolute atomic E-state index is 0.0197. The SMILES string of the molecule is O=C(Nc1ccc(Oc2cc3c4c(cnn4CC3)c2-c2cn[nH]c2)c(F)c1)c1ccc(OC2CC2)n(-c2ccc(F)cc2)c1=O. The van der Waals surface area contributed by atoms with Crippen LogP contribution in [-0.2, 0) is 13.0 Å². The zero-order chi connectivity index (χ0) is 30.7. The average molecular weight is 607 g/mol. The fourth-order valence-corrected chi connectivity index (χ4v) is 5.65. The van der Waals surface area contributed by atoms with Crippen LogP contribution in [0.5, 0.6) is 17.4 Å². The first-order valence-corrected chi connectivity index (χ1v) is 14.4. The number of H-pyrrole nitrogens is 1. The molecule has 1 amide bonds. The van der Waals surface area contributed by atoms with E-state index in [1.807, 2.05) is 10.7 Å². The van der Waals surface area contributed by atoms with Gasteiger partial charge in [0.05, 0.1) is 23.6 Å². The van der Waals surface area contributed by atoms with E-state index in [2.05, 4.69) is 20.6 Å². The van der Waals surface area contributed by atoms with Crippen molar-refractivity contribution < 1.29 is 23.0 Å². The van der Waals surface area contributed by atoms with Gasteiger partial charge in [-0.2, -0.15) is 10.2 Å². The summed E-state index contributed by atoms with van der Waals surface area (Å²) in [5, 5.41) is 14.8. The van der Waals surface area contributed by atoms with Crippen molar-refractivity contribution in [2.24, 2.45) is 0 Å². The molecular weight excluding hydrogens is 582 g/mol. The predicted octanol–water partition coefficient (Wildman–Crippen LogP) is 6.00. The van der Waals surface area contributed by atoms with E-state index in [4.69, 9.17) is 9.47 Å². The molecule has 0 saturated heterocycles. The maximum atomic E-state index is 15.5. The lowest BCUT2D eigenvalue weighted by Gasteiger charge is -2.16. The summed E-state index contributed by atoms with van der Waals surface area (Å²) in [7, 11) is 0. The molecule has 1 fully saturated rings. The van der Waals surface area contributed by atoms with Crippen LogP contribution in [0.3, 0.4) is 0 Å². The topological polar surface area (TPSA) is 116 Å². The number of amides is 1. The van der Waals surface area contributed by atoms with Crippen molar-refractivity contribution in [2.45, 2.75) is 31.9 Å². The van der Waals surface area contributed by atoms with Gasteiger partial charge >= 0.3 is 0 Å². The van der Waals surface area contributed by atoms with Crippen LogP contribution in [0.15, 0.2) is 84.0 Å². The minimum atomic E-state index is -0.741. The van der Waals surface area contributed by atoms with Gasteiger partial charge in [-0.15, -0.1) is 0 Å². The number of carbonyl (C=O) groups is 1. The Balaban J connectivity index is 1.08. The van der Waals surface area contributed by atoms with E-state index < -0.39 is 23.1 Å². The molecule has 3 aromatic carbocycles. The largest absolute Gasteiger partial charge is 0.475 e. The van der Waals surface area contributed by atoms with Crippen molar-refractivity contribution in [3.63, 3.8) is 0 Å². The number of pyridine rings is 1. The van der Waals surface area contributed by atoms with Crippen LogP contribution in [0, 0.1) is 11.6 Å². The van der Waals surface area contributed by atoms with Gasteiger partial charge in [0.15, 0.2) is 11.6 Å². The Morgan fingerprint density at radius 2 is 1.84 bits per heavy atom. The fraction of sp³-hybridized carbons (Fsp3) is 0.152. The van der Waals surface area contributed by atoms with Gasteiger partial charge in [-0.1, -0.05) is 0 Å². The molecule has 3 aromatic heterocycles. The number of ether oxygens (including phenoxy) is 2. The predicted molar refractivity (Wildman–Crippen MR) is 161 cm³/mol. The second-order valence-corrected chi connectivity index (χ2v) is 11.0. The second-order valence-electron chi connectivity index (χ2n) is 11.0. The molecule has 2 N–H and O–H groups in total. The van der Waals surface area contributed by atoms with Crippen molar-refractivity contribution in [3.8, 4) is 34.2 Å². The zero-order valence-electron chi connectivity index (χ0n) is 23.6. The number of aromatic amines is 1. The van der Waals surface area contributed by atoms with Crippen molar-refractivity contribution in [1.82, 2.24) is 24.5 Å². The number of halogens is 2. The van der Waals surface area contributed by atoms with Gasteiger partial charge < -0.3 is 14.8 Å². The number of aromatic nitrogens is 5. The van der Waals surface area contributed by atoms with E-state index in [1.165, 1.54) is 53.1 Å². The highest BCUT2D eigenvalue weighted by atomic mass is 19.1. The number of nitrogens with zero attached hydrogens (tertiary/aromatic N) is 4. The Bertz CT molecular complexity index is 2170. The third-order valence-corrected chi connectivity index (χ3v) is 7.94. The van der Waals surface area contributed by atoms with Crippen LogP contribution >= 0.6 is 0 Å². The molecule has 2 aliphatic rings. The van der Waals surface area contributed by atoms with Gasteiger partial charge in [-0.25, -0.2) is 13.3 Å². The normalized spacial score (nSPS) is 13.7. The van der Waals surface area contributed by atoms with E-state index >= 15 is 4.39 Å². The third kappa shape index (κ3) is 4.80. The van der Waals surface area contributed by atoms with Crippen LogP contribution in [0.2, 0.25) is 0 Å². The monoisotopic (exact) mass is 606 g/mol. The molecule has 8 rings (SSSR count). The van der Waals surface area contributed by atoms with E-state index in [0.29, 0.717) is 11.4 Å². The lowest BCUT2D eigenvalue weighted by molar-refractivity contribution is 0.102. The van der Waals surface area contributed by atoms with Crippen LogP contribution < -0.4 is 20.3 Å². The quantitative estimate of drug-likeness (QED) is 0.220. The van der Waals surface area contributed by atoms with Crippen LogP contribution in [0.4, 0.5) is 14.5 Å². The molecule has 4 heterocycles. The molecule has 224 valence electrons. The maximum absolute atomic E-state index is 15.5. The third-order valence-electron chi connectivity index (χ3n) is 7.94. The minimum Gasteiger partial charge on any atom is -0.475 e. The molecule has 1 aliphatic heterocycles. The van der Waals surface area contributed by atoms with E-state index in [1.54, 1.807) is 18.6 Å². The summed E-state index contributed by atoms with van der Waals surface area (Å²) in [4.78, 5) is 26.8. The van der Waals surface area contributed by atoms with Crippen LogP contribution in [-0.4, -0.2) is 36.6 Å². The van der Waals surface area contributed by atoms with Crippen molar-refractivity contribution in [2.75, 3.05) is 5.32 Å². The van der Waals surface area contributed by atoms with Gasteiger partial charge in [0.2, 0.25) is 5.88 Å². The molecule has 0 bridgehead atoms. The Morgan fingerprint density at radius 1 is 1.00 bits per heavy atom. The second kappa shape index (κ2) is 10.4. The number of hydrogen-bond donors (Lipinski definition) is 2. The number of benzene rings is 3. The summed E-state index contributed by atoms with van der Waals surface area (Å²) in [5.41, 5.74) is 3.19. The first kappa shape index (κ1) is 26.8. The molecule has 1 aliphatic carbocycles. The number of aryl methyl sites for hydroxylation is 2. The highest BCUT2D eigenvalue weighted by molar-refractivity contribution is 6.04. The van der Waals surface area contributed by atoms with Crippen molar-refractivity contribution >= 4 is 22.5 Å². The lowest BCUT2D eigenvalue weighted by Crippen LogP contribution is -2.29. The Morgan fingerprint density at radius 3 is 2.60 bits per heavy atom. The number of carbonyl (C=O) groups excluding carboxylic acids is 1. The summed E-state index contributed by atoms with van der Waals surface area (Å²) >= 11 is 0. The lowest BCUT2D eigenvalue weighted by atomic mass is 10.00. The Labute approximate surface area is 253 Å². The molecule has 12 heteroatoms. The smallest absolute Gasteiger partial charge is 0.270 e. The first-order valence-electron chi connectivity index (χ1n) is 14.4. The molecular formula is C33H24F2N6O4. The fourth-order valence-electron chi connectivity index (χ4n) is 5.65. The van der Waals surface area contributed by atoms with Gasteiger partial charge in [0, 0.05) is 41.0 Å². The van der Waals surface area contributed by atoms with Crippen molar-refractivity contribution in [3.05, 3.63) is 112 Å². The zero-order valence-corrected chi connectivity index (χ0v) is 23.6. The van der Waals surface area contributed by atoms with Gasteiger partial charge in [0.25, 0.3) is 11.5 Å². The van der Waals surface area contributed by atoms with E-state index in [9.17, 15) is 14.0 Å².